The molecule has 0 spiro atoms. The lowest BCUT2D eigenvalue weighted by Gasteiger charge is -1.80. The van der Waals surface area contributed by atoms with Gasteiger partial charge in [0, 0.05) is 11.9 Å². The van der Waals surface area contributed by atoms with Crippen molar-refractivity contribution in [1.29, 1.82) is 0 Å². The number of aliphatic hydroxyl groups excluding tert-OH is 1. The van der Waals surface area contributed by atoms with Crippen molar-refractivity contribution in [2.45, 2.75) is 0 Å². The maximum Gasteiger partial charge on any atom is 0.0615 e. The van der Waals surface area contributed by atoms with E-state index in [1.54, 1.807) is 12.2 Å². The second-order valence-electron chi connectivity index (χ2n) is 2.10. The van der Waals surface area contributed by atoms with Gasteiger partial charge in [0.15, 0.2) is 0 Å². The molecule has 0 bridgehead atoms. The molecule has 0 amide bonds. The van der Waals surface area contributed by atoms with E-state index < -0.39 is 0 Å². The third kappa shape index (κ3) is 2.87. The summed E-state index contributed by atoms with van der Waals surface area (Å²) < 4.78 is 0. The van der Waals surface area contributed by atoms with Gasteiger partial charge in [-0.1, -0.05) is 18.2 Å². The summed E-state index contributed by atoms with van der Waals surface area (Å²) in [6.07, 6.45) is 9.17. The van der Waals surface area contributed by atoms with Crippen LogP contribution >= 0.6 is 0 Å². The maximum atomic E-state index is 8.39. The molecule has 11 heavy (non-hydrogen) atoms. The number of allylic oxidation sites excluding steroid dienone is 2. The molecule has 0 aliphatic heterocycles. The van der Waals surface area contributed by atoms with Crippen LogP contribution in [0.1, 0.15) is 5.69 Å². The Morgan fingerprint density at radius 1 is 1.45 bits per heavy atom. The first-order chi connectivity index (χ1) is 5.43. The molecule has 0 aromatic carbocycles. The number of hydrogen-bond acceptors (Lipinski definition) is 1. The van der Waals surface area contributed by atoms with Crippen LogP contribution in [0.25, 0.3) is 6.08 Å². The highest BCUT2D eigenvalue weighted by atomic mass is 16.2. The molecule has 1 heterocycles. The number of aliphatic hydroxyl groups is 1. The van der Waals surface area contributed by atoms with Crippen LogP contribution in [0.3, 0.4) is 0 Å². The van der Waals surface area contributed by atoms with Crippen LogP contribution in [-0.2, 0) is 0 Å². The molecule has 2 heteroatoms. The van der Waals surface area contributed by atoms with E-state index in [2.05, 4.69) is 4.98 Å². The Kier molecular flexibility index (Phi) is 3.22. The Morgan fingerprint density at radius 2 is 2.36 bits per heavy atom. The minimum Gasteiger partial charge on any atom is -0.392 e. The summed E-state index contributed by atoms with van der Waals surface area (Å²) in [7, 11) is 0. The molecule has 2 N–H and O–H groups in total. The first kappa shape index (κ1) is 7.82. The van der Waals surface area contributed by atoms with Gasteiger partial charge >= 0.3 is 0 Å². The van der Waals surface area contributed by atoms with Crippen molar-refractivity contribution < 1.29 is 5.11 Å². The molecule has 0 atom stereocenters. The lowest BCUT2D eigenvalue weighted by Crippen LogP contribution is -1.68. The summed E-state index contributed by atoms with van der Waals surface area (Å²) in [4.78, 5) is 3.03. The van der Waals surface area contributed by atoms with Crippen LogP contribution in [0.5, 0.6) is 0 Å². The van der Waals surface area contributed by atoms with Gasteiger partial charge in [0.2, 0.25) is 0 Å². The maximum absolute atomic E-state index is 8.39. The predicted octanol–water partition coefficient (Wildman–Crippen LogP) is 1.58. The Hall–Kier alpha value is -1.28. The fourth-order valence-electron chi connectivity index (χ4n) is 0.747. The molecule has 0 unspecified atom stereocenters. The lowest BCUT2D eigenvalue weighted by molar-refractivity contribution is 0.343. The van der Waals surface area contributed by atoms with E-state index in [-0.39, 0.29) is 6.61 Å². The van der Waals surface area contributed by atoms with Crippen LogP contribution in [0.4, 0.5) is 0 Å². The molecule has 2 nitrogen and oxygen atoms in total. The van der Waals surface area contributed by atoms with E-state index in [0.717, 1.165) is 5.69 Å². The van der Waals surface area contributed by atoms with Gasteiger partial charge in [-0.05, 0) is 18.2 Å². The third-order valence-electron chi connectivity index (χ3n) is 1.25. The molecule has 0 saturated carbocycles. The largest absolute Gasteiger partial charge is 0.392 e. The Bertz CT molecular complexity index is 234. The Balaban J connectivity index is 2.43. The first-order valence-electron chi connectivity index (χ1n) is 3.51. The van der Waals surface area contributed by atoms with E-state index >= 15 is 0 Å². The van der Waals surface area contributed by atoms with Gasteiger partial charge in [0.05, 0.1) is 6.61 Å². The fraction of sp³-hybridized carbons (Fsp3) is 0.111. The SMILES string of the molecule is OC/C=C/C=C/c1ccc[nH]1. The molecular weight excluding hydrogens is 138 g/mol. The van der Waals surface area contributed by atoms with Crippen molar-refractivity contribution in [2.24, 2.45) is 0 Å². The fourth-order valence-corrected chi connectivity index (χ4v) is 0.747. The van der Waals surface area contributed by atoms with E-state index in [9.17, 15) is 0 Å². The number of H-pyrrole nitrogens is 1. The summed E-state index contributed by atoms with van der Waals surface area (Å²) in [6.45, 7) is 0.0923. The zero-order valence-corrected chi connectivity index (χ0v) is 6.20. The molecule has 0 fully saturated rings. The van der Waals surface area contributed by atoms with E-state index in [4.69, 9.17) is 5.11 Å². The third-order valence-corrected chi connectivity index (χ3v) is 1.25. The van der Waals surface area contributed by atoms with Gasteiger partial charge in [0.25, 0.3) is 0 Å². The average Bonchev–Trinajstić information content (AvgIpc) is 2.50. The predicted molar refractivity (Wildman–Crippen MR) is 46.1 cm³/mol. The molecule has 0 aliphatic carbocycles. The normalized spacial score (nSPS) is 11.7. The second-order valence-corrected chi connectivity index (χ2v) is 2.10. The number of rotatable bonds is 3. The van der Waals surface area contributed by atoms with Crippen molar-refractivity contribution in [3.05, 3.63) is 42.3 Å². The summed E-state index contributed by atoms with van der Waals surface area (Å²) in [5, 5.41) is 8.39. The summed E-state index contributed by atoms with van der Waals surface area (Å²) in [6, 6.07) is 3.92. The van der Waals surface area contributed by atoms with Crippen molar-refractivity contribution in [1.82, 2.24) is 4.98 Å². The molecule has 1 rings (SSSR count). The van der Waals surface area contributed by atoms with Gasteiger partial charge in [-0.2, -0.15) is 0 Å². The monoisotopic (exact) mass is 149 g/mol. The average molecular weight is 149 g/mol. The minimum absolute atomic E-state index is 0.0923. The van der Waals surface area contributed by atoms with Gasteiger partial charge in [-0.3, -0.25) is 0 Å². The lowest BCUT2D eigenvalue weighted by atomic mass is 10.3. The zero-order chi connectivity index (χ0) is 7.94. The number of hydrogen-bond donors (Lipinski definition) is 2. The summed E-state index contributed by atoms with van der Waals surface area (Å²) >= 11 is 0. The summed E-state index contributed by atoms with van der Waals surface area (Å²) in [5.41, 5.74) is 1.06. The van der Waals surface area contributed by atoms with E-state index in [0.29, 0.717) is 0 Å². The van der Waals surface area contributed by atoms with Gasteiger partial charge in [-0.15, -0.1) is 0 Å². The van der Waals surface area contributed by atoms with Gasteiger partial charge < -0.3 is 10.1 Å². The van der Waals surface area contributed by atoms with Crippen LogP contribution in [0.2, 0.25) is 0 Å². The molecular formula is C9H11NO. The number of nitrogens with one attached hydrogen (secondary N) is 1. The van der Waals surface area contributed by atoms with Gasteiger partial charge in [-0.25, -0.2) is 0 Å². The van der Waals surface area contributed by atoms with Gasteiger partial charge in [0.1, 0.15) is 0 Å². The molecule has 1 aromatic rings. The Morgan fingerprint density at radius 3 is 3.00 bits per heavy atom. The topological polar surface area (TPSA) is 36.0 Å². The molecule has 0 radical (unpaired) electrons. The van der Waals surface area contributed by atoms with E-state index in [1.807, 2.05) is 30.5 Å². The molecule has 58 valence electrons. The van der Waals surface area contributed by atoms with Crippen molar-refractivity contribution in [2.75, 3.05) is 6.61 Å². The van der Waals surface area contributed by atoms with Crippen molar-refractivity contribution >= 4 is 6.08 Å². The standard InChI is InChI=1S/C9H11NO/c11-8-3-1-2-5-9-6-4-7-10-9/h1-7,10-11H,8H2/b3-1+,5-2+. The molecule has 0 aliphatic rings. The zero-order valence-electron chi connectivity index (χ0n) is 6.20. The molecule has 1 aromatic heterocycles. The van der Waals surface area contributed by atoms with Crippen LogP contribution < -0.4 is 0 Å². The number of aromatic amines is 1. The van der Waals surface area contributed by atoms with Crippen molar-refractivity contribution in [3.8, 4) is 0 Å². The highest BCUT2D eigenvalue weighted by Crippen LogP contribution is 1.96. The number of aromatic nitrogens is 1. The van der Waals surface area contributed by atoms with Crippen LogP contribution in [-0.4, -0.2) is 16.7 Å². The highest BCUT2D eigenvalue weighted by Gasteiger charge is 1.79. The first-order valence-corrected chi connectivity index (χ1v) is 3.51. The van der Waals surface area contributed by atoms with E-state index in [1.165, 1.54) is 0 Å². The molecule has 0 saturated heterocycles. The van der Waals surface area contributed by atoms with Crippen LogP contribution in [0, 0.1) is 0 Å². The second kappa shape index (κ2) is 4.52. The quantitative estimate of drug-likeness (QED) is 0.629. The highest BCUT2D eigenvalue weighted by molar-refractivity contribution is 5.46. The summed E-state index contributed by atoms with van der Waals surface area (Å²) in [5.74, 6) is 0. The smallest absolute Gasteiger partial charge is 0.0615 e. The minimum atomic E-state index is 0.0923. The van der Waals surface area contributed by atoms with Crippen LogP contribution in [0.15, 0.2) is 36.6 Å². The van der Waals surface area contributed by atoms with Crippen molar-refractivity contribution in [3.63, 3.8) is 0 Å². The Labute approximate surface area is 65.9 Å².